The summed E-state index contributed by atoms with van der Waals surface area (Å²) in [4.78, 5) is 13.7. The Morgan fingerprint density at radius 2 is 2.00 bits per heavy atom. The molecule has 0 fully saturated rings. The molecule has 0 radical (unpaired) electrons. The van der Waals surface area contributed by atoms with Gasteiger partial charge in [0.05, 0.1) is 6.54 Å². The zero-order valence-corrected chi connectivity index (χ0v) is 10.9. The number of rotatable bonds is 5. The zero-order chi connectivity index (χ0) is 12.8. The molecule has 1 aromatic rings. The Labute approximate surface area is 107 Å². The molecule has 1 rings (SSSR count). The molecule has 0 saturated carbocycles. The largest absolute Gasteiger partial charge is 0.389 e. The van der Waals surface area contributed by atoms with Gasteiger partial charge < -0.3 is 16.0 Å². The lowest BCUT2D eigenvalue weighted by Crippen LogP contribution is -2.35. The molecule has 3 N–H and O–H groups in total. The van der Waals surface area contributed by atoms with Crippen LogP contribution in [0.3, 0.4) is 0 Å². The van der Waals surface area contributed by atoms with Crippen molar-refractivity contribution in [1.29, 1.82) is 0 Å². The van der Waals surface area contributed by atoms with Gasteiger partial charge in [-0.25, -0.2) is 0 Å². The number of benzene rings is 1. The van der Waals surface area contributed by atoms with E-state index in [4.69, 9.17) is 18.0 Å². The molecule has 0 aromatic heterocycles. The van der Waals surface area contributed by atoms with Crippen LogP contribution in [0.15, 0.2) is 24.3 Å². The molecule has 17 heavy (non-hydrogen) atoms. The van der Waals surface area contributed by atoms with Gasteiger partial charge in [-0.1, -0.05) is 12.2 Å². The monoisotopic (exact) mass is 251 g/mol. The van der Waals surface area contributed by atoms with Crippen LogP contribution in [0, 0.1) is 0 Å². The number of hydrogen-bond acceptors (Lipinski definition) is 3. The number of nitrogens with one attached hydrogen (secondary N) is 1. The van der Waals surface area contributed by atoms with E-state index in [1.807, 2.05) is 36.1 Å². The van der Waals surface area contributed by atoms with Gasteiger partial charge in [-0.2, -0.15) is 0 Å². The van der Waals surface area contributed by atoms with Gasteiger partial charge in [-0.05, 0) is 31.2 Å². The van der Waals surface area contributed by atoms with Gasteiger partial charge >= 0.3 is 0 Å². The second-order valence-corrected chi connectivity index (χ2v) is 4.04. The van der Waals surface area contributed by atoms with Gasteiger partial charge in [0.25, 0.3) is 0 Å². The summed E-state index contributed by atoms with van der Waals surface area (Å²) in [6.45, 7) is 3.11. The minimum Gasteiger partial charge on any atom is -0.389 e. The van der Waals surface area contributed by atoms with Gasteiger partial charge in [0.15, 0.2) is 0 Å². The second-order valence-electron chi connectivity index (χ2n) is 3.60. The lowest BCUT2D eigenvalue weighted by molar-refractivity contribution is -0.119. The Hall–Kier alpha value is -1.62. The molecule has 4 nitrogen and oxygen atoms in total. The predicted molar refractivity (Wildman–Crippen MR) is 74.3 cm³/mol. The summed E-state index contributed by atoms with van der Waals surface area (Å²) in [6, 6.07) is 7.57. The maximum absolute atomic E-state index is 11.3. The number of hydrogen-bond donors (Lipinski definition) is 2. The third-order valence-corrected chi connectivity index (χ3v) is 2.75. The van der Waals surface area contributed by atoms with Crippen LogP contribution in [0.4, 0.5) is 5.69 Å². The van der Waals surface area contributed by atoms with Crippen LogP contribution in [0.25, 0.3) is 0 Å². The molecule has 0 aliphatic carbocycles. The highest BCUT2D eigenvalue weighted by molar-refractivity contribution is 7.80. The summed E-state index contributed by atoms with van der Waals surface area (Å²) in [5.74, 6) is -0.00901. The summed E-state index contributed by atoms with van der Waals surface area (Å²) in [5, 5.41) is 2.61. The number of amides is 1. The van der Waals surface area contributed by atoms with Crippen LogP contribution in [-0.4, -0.2) is 31.0 Å². The molecular formula is C12H17N3OS. The molecule has 0 saturated heterocycles. The first-order valence-corrected chi connectivity index (χ1v) is 5.84. The Bertz CT molecular complexity index is 403. The standard InChI is InChI=1S/C12H17N3OS/c1-3-15(8-11(16)14-2)10-6-4-9(5-7-10)12(13)17/h4-7H,3,8H2,1-2H3,(H2,13,17)(H,14,16). The Balaban J connectivity index is 2.82. The van der Waals surface area contributed by atoms with E-state index in [0.717, 1.165) is 17.8 Å². The van der Waals surface area contributed by atoms with Crippen LogP contribution in [0.1, 0.15) is 12.5 Å². The average molecular weight is 251 g/mol. The van der Waals surface area contributed by atoms with E-state index in [-0.39, 0.29) is 5.91 Å². The van der Waals surface area contributed by atoms with Crippen LogP contribution in [-0.2, 0) is 4.79 Å². The van der Waals surface area contributed by atoms with Crippen LogP contribution >= 0.6 is 12.2 Å². The van der Waals surface area contributed by atoms with Crippen molar-refractivity contribution in [2.24, 2.45) is 5.73 Å². The van der Waals surface area contributed by atoms with Crippen molar-refractivity contribution in [3.63, 3.8) is 0 Å². The van der Waals surface area contributed by atoms with Crippen LogP contribution in [0.2, 0.25) is 0 Å². The minimum atomic E-state index is -0.00901. The summed E-state index contributed by atoms with van der Waals surface area (Å²) in [6.07, 6.45) is 0. The number of thiocarbonyl (C=S) groups is 1. The lowest BCUT2D eigenvalue weighted by Gasteiger charge is -2.22. The third kappa shape index (κ3) is 3.71. The summed E-state index contributed by atoms with van der Waals surface area (Å²) >= 11 is 4.89. The Morgan fingerprint density at radius 1 is 1.41 bits per heavy atom. The van der Waals surface area contributed by atoms with Gasteiger partial charge in [-0.15, -0.1) is 0 Å². The first kappa shape index (κ1) is 13.4. The molecule has 0 bridgehead atoms. The maximum atomic E-state index is 11.3. The molecule has 0 aliphatic rings. The van der Waals surface area contributed by atoms with E-state index >= 15 is 0 Å². The molecule has 1 amide bonds. The highest BCUT2D eigenvalue weighted by Gasteiger charge is 2.08. The molecule has 92 valence electrons. The normalized spacial score (nSPS) is 9.76. The molecular weight excluding hydrogens is 234 g/mol. The summed E-state index contributed by atoms with van der Waals surface area (Å²) in [7, 11) is 1.63. The Kier molecular flexibility index (Phi) is 4.90. The van der Waals surface area contributed by atoms with Crippen molar-refractivity contribution in [1.82, 2.24) is 5.32 Å². The third-order valence-electron chi connectivity index (χ3n) is 2.51. The molecule has 0 atom stereocenters. The van der Waals surface area contributed by atoms with Gasteiger partial charge in [0, 0.05) is 24.8 Å². The van der Waals surface area contributed by atoms with E-state index in [1.165, 1.54) is 0 Å². The molecule has 0 spiro atoms. The van der Waals surface area contributed by atoms with E-state index < -0.39 is 0 Å². The van der Waals surface area contributed by atoms with Gasteiger partial charge in [0.2, 0.25) is 5.91 Å². The highest BCUT2D eigenvalue weighted by Crippen LogP contribution is 2.14. The fourth-order valence-electron chi connectivity index (χ4n) is 1.47. The van der Waals surface area contributed by atoms with Crippen molar-refractivity contribution in [2.45, 2.75) is 6.92 Å². The second kappa shape index (κ2) is 6.20. The predicted octanol–water partition coefficient (Wildman–Crippen LogP) is 0.893. The van der Waals surface area contributed by atoms with E-state index in [2.05, 4.69) is 5.32 Å². The number of likely N-dealkylation sites (N-methyl/N-ethyl adjacent to an activating group) is 2. The van der Waals surface area contributed by atoms with Gasteiger partial charge in [0.1, 0.15) is 4.99 Å². The van der Waals surface area contributed by atoms with Crippen LogP contribution < -0.4 is 16.0 Å². The number of carbonyl (C=O) groups is 1. The lowest BCUT2D eigenvalue weighted by atomic mass is 10.2. The van der Waals surface area contributed by atoms with E-state index in [9.17, 15) is 4.79 Å². The van der Waals surface area contributed by atoms with E-state index in [1.54, 1.807) is 7.05 Å². The number of nitrogens with zero attached hydrogens (tertiary/aromatic N) is 1. The molecule has 1 aromatic carbocycles. The molecule has 0 aliphatic heterocycles. The highest BCUT2D eigenvalue weighted by atomic mass is 32.1. The van der Waals surface area contributed by atoms with E-state index in [0.29, 0.717) is 11.5 Å². The fourth-order valence-corrected chi connectivity index (χ4v) is 1.61. The molecule has 5 heteroatoms. The average Bonchev–Trinajstić information content (AvgIpc) is 2.35. The minimum absolute atomic E-state index is 0.00901. The summed E-state index contributed by atoms with van der Waals surface area (Å²) in [5.41, 5.74) is 7.34. The van der Waals surface area contributed by atoms with Crippen molar-refractivity contribution in [3.8, 4) is 0 Å². The quantitative estimate of drug-likeness (QED) is 0.763. The number of carbonyl (C=O) groups excluding carboxylic acids is 1. The maximum Gasteiger partial charge on any atom is 0.239 e. The number of anilines is 1. The number of nitrogens with two attached hydrogens (primary N) is 1. The van der Waals surface area contributed by atoms with Crippen molar-refractivity contribution in [2.75, 3.05) is 25.0 Å². The fraction of sp³-hybridized carbons (Fsp3) is 0.333. The SMILES string of the molecule is CCN(CC(=O)NC)c1ccc(C(N)=S)cc1. The first-order valence-electron chi connectivity index (χ1n) is 5.44. The van der Waals surface area contributed by atoms with Crippen molar-refractivity contribution < 1.29 is 4.79 Å². The smallest absolute Gasteiger partial charge is 0.239 e. The first-order chi connectivity index (χ1) is 8.08. The zero-order valence-electron chi connectivity index (χ0n) is 10.1. The topological polar surface area (TPSA) is 58.4 Å². The van der Waals surface area contributed by atoms with Crippen molar-refractivity contribution >= 4 is 28.8 Å². The molecule has 0 heterocycles. The molecule has 0 unspecified atom stereocenters. The van der Waals surface area contributed by atoms with Gasteiger partial charge in [-0.3, -0.25) is 4.79 Å². The summed E-state index contributed by atoms with van der Waals surface area (Å²) < 4.78 is 0. The van der Waals surface area contributed by atoms with Crippen LogP contribution in [0.5, 0.6) is 0 Å². The van der Waals surface area contributed by atoms with Crippen molar-refractivity contribution in [3.05, 3.63) is 29.8 Å². The Morgan fingerprint density at radius 3 is 2.41 bits per heavy atom.